The molecule has 0 saturated heterocycles. The van der Waals surface area contributed by atoms with E-state index in [0.29, 0.717) is 4.99 Å². The second-order valence-corrected chi connectivity index (χ2v) is 5.48. The zero-order chi connectivity index (χ0) is 14.9. The lowest BCUT2D eigenvalue weighted by atomic mass is 10.1. The van der Waals surface area contributed by atoms with Crippen LogP contribution in [0.2, 0.25) is 0 Å². The standard InChI is InChI=1S/C16H19N3S/c1-10-5-6-13(12(3)9-10)19(4)16-14(15(17)20)11(2)7-8-18-16/h5-9H,1-4H3,(H2,17,20). The third-order valence-electron chi connectivity index (χ3n) is 3.42. The van der Waals surface area contributed by atoms with E-state index in [2.05, 4.69) is 37.0 Å². The number of hydrogen-bond donors (Lipinski definition) is 1. The van der Waals surface area contributed by atoms with Gasteiger partial charge in [-0.15, -0.1) is 0 Å². The highest BCUT2D eigenvalue weighted by atomic mass is 32.1. The van der Waals surface area contributed by atoms with Gasteiger partial charge in [-0.2, -0.15) is 0 Å². The van der Waals surface area contributed by atoms with Crippen molar-refractivity contribution in [2.75, 3.05) is 11.9 Å². The van der Waals surface area contributed by atoms with Crippen LogP contribution < -0.4 is 10.6 Å². The molecule has 2 aromatic rings. The Morgan fingerprint density at radius 3 is 2.45 bits per heavy atom. The molecule has 3 nitrogen and oxygen atoms in total. The number of nitrogens with two attached hydrogens (primary N) is 1. The Balaban J connectivity index is 2.56. The molecule has 0 saturated carbocycles. The van der Waals surface area contributed by atoms with E-state index in [1.54, 1.807) is 6.20 Å². The van der Waals surface area contributed by atoms with E-state index in [9.17, 15) is 0 Å². The van der Waals surface area contributed by atoms with Gasteiger partial charge in [0.05, 0.1) is 5.56 Å². The molecule has 0 aliphatic heterocycles. The molecule has 0 aliphatic carbocycles. The normalized spacial score (nSPS) is 10.4. The van der Waals surface area contributed by atoms with E-state index in [-0.39, 0.29) is 0 Å². The number of hydrogen-bond acceptors (Lipinski definition) is 3. The molecule has 0 amide bonds. The van der Waals surface area contributed by atoms with Gasteiger partial charge in [-0.25, -0.2) is 4.98 Å². The highest BCUT2D eigenvalue weighted by Crippen LogP contribution is 2.29. The molecule has 1 heterocycles. The molecule has 0 unspecified atom stereocenters. The highest BCUT2D eigenvalue weighted by Gasteiger charge is 2.16. The van der Waals surface area contributed by atoms with Gasteiger partial charge in [0, 0.05) is 18.9 Å². The van der Waals surface area contributed by atoms with Gasteiger partial charge in [-0.05, 0) is 44.0 Å². The molecule has 0 bridgehead atoms. The second-order valence-electron chi connectivity index (χ2n) is 5.04. The number of aryl methyl sites for hydroxylation is 3. The van der Waals surface area contributed by atoms with E-state index in [1.165, 1.54) is 11.1 Å². The maximum absolute atomic E-state index is 5.86. The summed E-state index contributed by atoms with van der Waals surface area (Å²) in [4.78, 5) is 6.87. The van der Waals surface area contributed by atoms with Crippen LogP contribution in [-0.4, -0.2) is 17.0 Å². The van der Waals surface area contributed by atoms with Crippen LogP contribution in [0.15, 0.2) is 30.5 Å². The van der Waals surface area contributed by atoms with Gasteiger partial charge in [0.15, 0.2) is 0 Å². The van der Waals surface area contributed by atoms with Crippen molar-refractivity contribution in [3.05, 3.63) is 52.7 Å². The molecular formula is C16H19N3S. The molecule has 0 aliphatic rings. The SMILES string of the molecule is Cc1ccc(N(C)c2nccc(C)c2C(N)=S)c(C)c1. The first-order valence-corrected chi connectivity index (χ1v) is 6.89. The minimum absolute atomic E-state index is 0.377. The average Bonchev–Trinajstić information content (AvgIpc) is 2.37. The first kappa shape index (κ1) is 14.5. The number of thiocarbonyl (C=S) groups is 1. The average molecular weight is 285 g/mol. The van der Waals surface area contributed by atoms with Crippen LogP contribution in [0.5, 0.6) is 0 Å². The maximum atomic E-state index is 5.86. The van der Waals surface area contributed by atoms with E-state index in [4.69, 9.17) is 18.0 Å². The minimum atomic E-state index is 0.377. The second kappa shape index (κ2) is 5.59. The summed E-state index contributed by atoms with van der Waals surface area (Å²) in [5.41, 5.74) is 11.3. The van der Waals surface area contributed by atoms with Crippen molar-refractivity contribution in [3.63, 3.8) is 0 Å². The van der Waals surface area contributed by atoms with Crippen molar-refractivity contribution in [2.45, 2.75) is 20.8 Å². The smallest absolute Gasteiger partial charge is 0.143 e. The molecule has 20 heavy (non-hydrogen) atoms. The van der Waals surface area contributed by atoms with Gasteiger partial charge in [0.2, 0.25) is 0 Å². The molecule has 1 aromatic heterocycles. The quantitative estimate of drug-likeness (QED) is 0.878. The lowest BCUT2D eigenvalue weighted by Gasteiger charge is -2.24. The lowest BCUT2D eigenvalue weighted by Crippen LogP contribution is -2.21. The Kier molecular flexibility index (Phi) is 4.04. The summed E-state index contributed by atoms with van der Waals surface area (Å²) >= 11 is 5.17. The Hall–Kier alpha value is -1.94. The van der Waals surface area contributed by atoms with Crippen LogP contribution in [0.1, 0.15) is 22.3 Å². The van der Waals surface area contributed by atoms with Crippen molar-refractivity contribution >= 4 is 28.7 Å². The van der Waals surface area contributed by atoms with Gasteiger partial charge in [-0.3, -0.25) is 0 Å². The monoisotopic (exact) mass is 285 g/mol. The highest BCUT2D eigenvalue weighted by molar-refractivity contribution is 7.80. The van der Waals surface area contributed by atoms with Crippen LogP contribution in [0, 0.1) is 20.8 Å². The van der Waals surface area contributed by atoms with E-state index >= 15 is 0 Å². The third kappa shape index (κ3) is 2.65. The molecule has 0 fully saturated rings. The van der Waals surface area contributed by atoms with Gasteiger partial charge in [-0.1, -0.05) is 29.9 Å². The molecule has 0 radical (unpaired) electrons. The molecule has 2 N–H and O–H groups in total. The summed E-state index contributed by atoms with van der Waals surface area (Å²) in [5.74, 6) is 0.796. The molecule has 0 spiro atoms. The number of rotatable bonds is 3. The zero-order valence-corrected chi connectivity index (χ0v) is 13.1. The van der Waals surface area contributed by atoms with Gasteiger partial charge in [0.1, 0.15) is 10.8 Å². The molecule has 1 aromatic carbocycles. The number of pyridine rings is 1. The number of nitrogens with zero attached hydrogens (tertiary/aromatic N) is 2. The number of benzene rings is 1. The van der Waals surface area contributed by atoms with Crippen LogP contribution in [0.25, 0.3) is 0 Å². The Labute approximate surface area is 125 Å². The fraction of sp³-hybridized carbons (Fsp3) is 0.250. The first-order valence-electron chi connectivity index (χ1n) is 6.48. The third-order valence-corrected chi connectivity index (χ3v) is 3.62. The van der Waals surface area contributed by atoms with Crippen molar-refractivity contribution < 1.29 is 0 Å². The van der Waals surface area contributed by atoms with Crippen LogP contribution in [-0.2, 0) is 0 Å². The van der Waals surface area contributed by atoms with Crippen molar-refractivity contribution in [1.82, 2.24) is 4.98 Å². The van der Waals surface area contributed by atoms with Gasteiger partial charge >= 0.3 is 0 Å². The van der Waals surface area contributed by atoms with Crippen molar-refractivity contribution in [3.8, 4) is 0 Å². The first-order chi connectivity index (χ1) is 9.41. The summed E-state index contributed by atoms with van der Waals surface area (Å²) in [6.07, 6.45) is 1.78. The Morgan fingerprint density at radius 2 is 1.85 bits per heavy atom. The van der Waals surface area contributed by atoms with E-state index < -0.39 is 0 Å². The Bertz CT molecular complexity index is 665. The minimum Gasteiger partial charge on any atom is -0.389 e. The summed E-state index contributed by atoms with van der Waals surface area (Å²) in [7, 11) is 1.99. The molecule has 0 atom stereocenters. The zero-order valence-electron chi connectivity index (χ0n) is 12.3. The topological polar surface area (TPSA) is 42.2 Å². The lowest BCUT2D eigenvalue weighted by molar-refractivity contribution is 1.10. The summed E-state index contributed by atoms with van der Waals surface area (Å²) in [6.45, 7) is 6.17. The fourth-order valence-electron chi connectivity index (χ4n) is 2.40. The summed E-state index contributed by atoms with van der Waals surface area (Å²) < 4.78 is 0. The van der Waals surface area contributed by atoms with Crippen LogP contribution >= 0.6 is 12.2 Å². The molecular weight excluding hydrogens is 266 g/mol. The van der Waals surface area contributed by atoms with Crippen molar-refractivity contribution in [2.24, 2.45) is 5.73 Å². The van der Waals surface area contributed by atoms with Gasteiger partial charge < -0.3 is 10.6 Å². The molecule has 104 valence electrons. The van der Waals surface area contributed by atoms with E-state index in [0.717, 1.165) is 22.6 Å². The predicted molar refractivity (Wildman–Crippen MR) is 88.8 cm³/mol. The van der Waals surface area contributed by atoms with Gasteiger partial charge in [0.25, 0.3) is 0 Å². The fourth-order valence-corrected chi connectivity index (χ4v) is 2.65. The maximum Gasteiger partial charge on any atom is 0.143 e. The Morgan fingerprint density at radius 1 is 1.15 bits per heavy atom. The molecule has 4 heteroatoms. The summed E-state index contributed by atoms with van der Waals surface area (Å²) in [5, 5.41) is 0. The predicted octanol–water partition coefficient (Wildman–Crippen LogP) is 3.41. The summed E-state index contributed by atoms with van der Waals surface area (Å²) in [6, 6.07) is 8.27. The van der Waals surface area contributed by atoms with Crippen LogP contribution in [0.4, 0.5) is 11.5 Å². The number of aromatic nitrogens is 1. The number of anilines is 2. The van der Waals surface area contributed by atoms with E-state index in [1.807, 2.05) is 24.9 Å². The largest absolute Gasteiger partial charge is 0.389 e. The van der Waals surface area contributed by atoms with Crippen molar-refractivity contribution in [1.29, 1.82) is 0 Å². The molecule has 2 rings (SSSR count). The van der Waals surface area contributed by atoms with Crippen LogP contribution in [0.3, 0.4) is 0 Å².